The van der Waals surface area contributed by atoms with Gasteiger partial charge in [0, 0.05) is 28.1 Å². The van der Waals surface area contributed by atoms with Crippen LogP contribution in [0.1, 0.15) is 24.1 Å². The number of aliphatic hydroxyl groups is 1. The van der Waals surface area contributed by atoms with Crippen molar-refractivity contribution >= 4 is 27.5 Å². The lowest BCUT2D eigenvalue weighted by Gasteiger charge is -2.30. The van der Waals surface area contributed by atoms with Gasteiger partial charge < -0.3 is 14.6 Å². The standard InChI is InChI=1S/C22H20BrClFNO3/c1-4-7-14(5-2)11-28-18-9-6-8-17(26-18)22(12-27)13(3)19-16(29-22)10-15(25)21(24)20(19)23/h4-10,13,27H,1-2,11-12H2,3H3/b14-7+/t13-,22-/m0/s1. The number of allylic oxidation sites excluding steroid dienone is 2. The fourth-order valence-electron chi connectivity index (χ4n) is 3.33. The molecule has 29 heavy (non-hydrogen) atoms. The fourth-order valence-corrected chi connectivity index (χ4v) is 4.22. The van der Waals surface area contributed by atoms with E-state index in [1.807, 2.05) is 6.92 Å². The third-order valence-electron chi connectivity index (χ3n) is 4.96. The summed E-state index contributed by atoms with van der Waals surface area (Å²) in [5, 5.41) is 10.3. The molecule has 1 aliphatic rings. The normalized spacial score (nSPS) is 20.7. The molecule has 4 nitrogen and oxygen atoms in total. The van der Waals surface area contributed by atoms with Crippen LogP contribution in [0.4, 0.5) is 4.39 Å². The van der Waals surface area contributed by atoms with E-state index in [0.717, 1.165) is 5.57 Å². The van der Waals surface area contributed by atoms with E-state index in [4.69, 9.17) is 21.1 Å². The third kappa shape index (κ3) is 3.84. The average molecular weight is 481 g/mol. The molecule has 1 aromatic heterocycles. The summed E-state index contributed by atoms with van der Waals surface area (Å²) in [5.74, 6) is -0.269. The number of hydrogen-bond donors (Lipinski definition) is 1. The van der Waals surface area contributed by atoms with Gasteiger partial charge >= 0.3 is 0 Å². The van der Waals surface area contributed by atoms with Crippen LogP contribution in [0.25, 0.3) is 0 Å². The largest absolute Gasteiger partial charge is 0.477 e. The number of rotatable bonds is 7. The Hall–Kier alpha value is -2.15. The van der Waals surface area contributed by atoms with Crippen LogP contribution < -0.4 is 9.47 Å². The Kier molecular flexibility index (Phi) is 6.46. The SMILES string of the molecule is C=C/C=C(\C=C)COc1cccc([C@@]2(CO)Oc3cc(F)c(Cl)c(Br)c3[C@@H]2C)n1. The second-order valence-electron chi connectivity index (χ2n) is 6.60. The van der Waals surface area contributed by atoms with Gasteiger partial charge in [0.25, 0.3) is 0 Å². The summed E-state index contributed by atoms with van der Waals surface area (Å²) >= 11 is 9.40. The Morgan fingerprint density at radius 1 is 1.48 bits per heavy atom. The van der Waals surface area contributed by atoms with E-state index in [0.29, 0.717) is 27.4 Å². The maximum Gasteiger partial charge on any atom is 0.213 e. The van der Waals surface area contributed by atoms with Crippen molar-refractivity contribution in [2.45, 2.75) is 18.4 Å². The van der Waals surface area contributed by atoms with Gasteiger partial charge in [-0.05, 0) is 27.6 Å². The van der Waals surface area contributed by atoms with Crippen LogP contribution in [0.2, 0.25) is 5.02 Å². The molecular formula is C22H20BrClFNO3. The highest BCUT2D eigenvalue weighted by molar-refractivity contribution is 9.10. The first-order valence-corrected chi connectivity index (χ1v) is 10.1. The van der Waals surface area contributed by atoms with Crippen molar-refractivity contribution in [2.24, 2.45) is 0 Å². The first-order valence-electron chi connectivity index (χ1n) is 8.89. The topological polar surface area (TPSA) is 51.6 Å². The van der Waals surface area contributed by atoms with Crippen LogP contribution in [0, 0.1) is 5.82 Å². The van der Waals surface area contributed by atoms with Gasteiger partial charge in [0.1, 0.15) is 18.2 Å². The fraction of sp³-hybridized carbons (Fsp3) is 0.227. The average Bonchev–Trinajstić information content (AvgIpc) is 3.02. The van der Waals surface area contributed by atoms with Gasteiger partial charge in [-0.15, -0.1) is 0 Å². The second-order valence-corrected chi connectivity index (χ2v) is 7.77. The lowest BCUT2D eigenvalue weighted by Crippen LogP contribution is -2.39. The molecule has 0 aliphatic carbocycles. The van der Waals surface area contributed by atoms with Crippen LogP contribution in [0.5, 0.6) is 11.6 Å². The molecule has 0 radical (unpaired) electrons. The molecule has 2 aromatic rings. The van der Waals surface area contributed by atoms with Gasteiger partial charge in [-0.2, -0.15) is 0 Å². The summed E-state index contributed by atoms with van der Waals surface area (Å²) in [6, 6.07) is 6.45. The highest BCUT2D eigenvalue weighted by Crippen LogP contribution is 2.54. The van der Waals surface area contributed by atoms with Crippen molar-refractivity contribution < 1.29 is 19.0 Å². The summed E-state index contributed by atoms with van der Waals surface area (Å²) in [6.45, 7) is 9.17. The van der Waals surface area contributed by atoms with Crippen molar-refractivity contribution in [1.29, 1.82) is 0 Å². The molecule has 0 saturated carbocycles. The summed E-state index contributed by atoms with van der Waals surface area (Å²) in [7, 11) is 0. The Balaban J connectivity index is 1.97. The van der Waals surface area contributed by atoms with Crippen LogP contribution in [-0.2, 0) is 5.60 Å². The highest BCUT2D eigenvalue weighted by Gasteiger charge is 2.50. The monoisotopic (exact) mass is 479 g/mol. The van der Waals surface area contributed by atoms with E-state index < -0.39 is 11.4 Å². The predicted octanol–water partition coefficient (Wildman–Crippen LogP) is 5.70. The molecule has 0 bridgehead atoms. The van der Waals surface area contributed by atoms with Crippen LogP contribution in [0.3, 0.4) is 0 Å². The number of aromatic nitrogens is 1. The van der Waals surface area contributed by atoms with E-state index in [9.17, 15) is 9.50 Å². The van der Waals surface area contributed by atoms with E-state index in [-0.39, 0.29) is 24.2 Å². The zero-order valence-corrected chi connectivity index (χ0v) is 18.1. The summed E-state index contributed by atoms with van der Waals surface area (Å²) in [5.41, 5.74) is 0.800. The lowest BCUT2D eigenvalue weighted by atomic mass is 9.83. The van der Waals surface area contributed by atoms with Crippen LogP contribution in [0.15, 0.2) is 65.7 Å². The second kappa shape index (κ2) is 8.69. The molecule has 152 valence electrons. The van der Waals surface area contributed by atoms with Crippen molar-refractivity contribution in [1.82, 2.24) is 4.98 Å². The number of aliphatic hydroxyl groups excluding tert-OH is 1. The van der Waals surface area contributed by atoms with E-state index in [1.54, 1.807) is 36.4 Å². The minimum Gasteiger partial charge on any atom is -0.477 e. The first-order chi connectivity index (χ1) is 13.9. The van der Waals surface area contributed by atoms with Gasteiger partial charge in [-0.25, -0.2) is 9.37 Å². The maximum atomic E-state index is 14.1. The van der Waals surface area contributed by atoms with Crippen LogP contribution in [-0.4, -0.2) is 23.3 Å². The van der Waals surface area contributed by atoms with E-state index >= 15 is 0 Å². The molecule has 1 aromatic carbocycles. The van der Waals surface area contributed by atoms with Gasteiger partial charge in [-0.3, -0.25) is 0 Å². The number of nitrogens with zero attached hydrogens (tertiary/aromatic N) is 1. The molecule has 2 heterocycles. The summed E-state index contributed by atoms with van der Waals surface area (Å²) in [4.78, 5) is 4.54. The molecule has 1 N–H and O–H groups in total. The molecule has 3 rings (SSSR count). The molecule has 0 unspecified atom stereocenters. The van der Waals surface area contributed by atoms with Gasteiger partial charge in [0.2, 0.25) is 5.88 Å². The van der Waals surface area contributed by atoms with Crippen molar-refractivity contribution in [3.8, 4) is 11.6 Å². The number of ether oxygens (including phenoxy) is 2. The van der Waals surface area contributed by atoms with Crippen molar-refractivity contribution in [2.75, 3.05) is 13.2 Å². The maximum absolute atomic E-state index is 14.1. The minimum atomic E-state index is -1.19. The zero-order valence-electron chi connectivity index (χ0n) is 15.8. The smallest absolute Gasteiger partial charge is 0.213 e. The number of hydrogen-bond acceptors (Lipinski definition) is 4. The Morgan fingerprint density at radius 2 is 2.24 bits per heavy atom. The van der Waals surface area contributed by atoms with Gasteiger partial charge in [0.15, 0.2) is 5.60 Å². The molecule has 0 fully saturated rings. The molecule has 0 spiro atoms. The van der Waals surface area contributed by atoms with E-state index in [1.165, 1.54) is 6.07 Å². The Labute approximate surface area is 182 Å². The third-order valence-corrected chi connectivity index (χ3v) is 6.38. The lowest BCUT2D eigenvalue weighted by molar-refractivity contribution is 0.00327. The van der Waals surface area contributed by atoms with Crippen molar-refractivity contribution in [3.63, 3.8) is 0 Å². The Bertz CT molecular complexity index is 994. The van der Waals surface area contributed by atoms with Crippen molar-refractivity contribution in [3.05, 3.63) is 87.8 Å². The molecular weight excluding hydrogens is 461 g/mol. The number of fused-ring (bicyclic) bond motifs is 1. The zero-order chi connectivity index (χ0) is 21.2. The quantitative estimate of drug-likeness (QED) is 0.408. The molecule has 0 saturated heterocycles. The highest BCUT2D eigenvalue weighted by atomic mass is 79.9. The number of halogens is 3. The molecule has 1 aliphatic heterocycles. The summed E-state index contributed by atoms with van der Waals surface area (Å²) < 4.78 is 26.3. The Morgan fingerprint density at radius 3 is 2.90 bits per heavy atom. The van der Waals surface area contributed by atoms with Gasteiger partial charge in [-0.1, -0.05) is 56.0 Å². The first kappa shape index (κ1) is 21.6. The predicted molar refractivity (Wildman–Crippen MR) is 115 cm³/mol. The molecule has 2 atom stereocenters. The minimum absolute atomic E-state index is 0.0241. The van der Waals surface area contributed by atoms with Crippen LogP contribution >= 0.6 is 27.5 Å². The van der Waals surface area contributed by atoms with Gasteiger partial charge in [0.05, 0.1) is 17.3 Å². The molecule has 7 heteroatoms. The van der Waals surface area contributed by atoms with E-state index in [2.05, 4.69) is 34.1 Å². The number of pyridine rings is 1. The molecule has 0 amide bonds. The number of benzene rings is 1. The summed E-state index contributed by atoms with van der Waals surface area (Å²) in [6.07, 6.45) is 5.12.